The molecular formula is C9H7BrF2N2. The number of rotatable bonds is 2. The number of halogens is 3. The lowest BCUT2D eigenvalue weighted by atomic mass is 10.0. The van der Waals surface area contributed by atoms with Crippen molar-refractivity contribution in [1.82, 2.24) is 4.98 Å². The highest BCUT2D eigenvalue weighted by Crippen LogP contribution is 2.25. The molecule has 0 radical (unpaired) electrons. The quantitative estimate of drug-likeness (QED) is 0.767. The maximum atomic E-state index is 12.4. The van der Waals surface area contributed by atoms with E-state index in [0.717, 1.165) is 0 Å². The van der Waals surface area contributed by atoms with Gasteiger partial charge in [-0.1, -0.05) is 15.9 Å². The van der Waals surface area contributed by atoms with E-state index in [1.165, 1.54) is 13.1 Å². The molecule has 1 heterocycles. The molecule has 0 bridgehead atoms. The van der Waals surface area contributed by atoms with E-state index in [1.807, 2.05) is 6.07 Å². The van der Waals surface area contributed by atoms with Gasteiger partial charge in [-0.15, -0.1) is 0 Å². The molecule has 0 aliphatic rings. The van der Waals surface area contributed by atoms with E-state index in [2.05, 4.69) is 20.9 Å². The zero-order valence-corrected chi connectivity index (χ0v) is 8.98. The summed E-state index contributed by atoms with van der Waals surface area (Å²) in [6.45, 7) is 1.49. The molecule has 0 aliphatic carbocycles. The first-order chi connectivity index (χ1) is 6.61. The van der Waals surface area contributed by atoms with Gasteiger partial charge in [0.2, 0.25) is 0 Å². The van der Waals surface area contributed by atoms with Gasteiger partial charge in [0.05, 0.1) is 11.6 Å². The molecule has 0 unspecified atom stereocenters. The molecule has 74 valence electrons. The Hall–Kier alpha value is -1.02. The summed E-state index contributed by atoms with van der Waals surface area (Å²) in [5.74, 6) is 0. The SMILES string of the molecule is Cc1c(C(F)F)ncc(CBr)c1C#N. The van der Waals surface area contributed by atoms with Crippen LogP contribution in [0.2, 0.25) is 0 Å². The van der Waals surface area contributed by atoms with E-state index < -0.39 is 6.43 Å². The van der Waals surface area contributed by atoms with E-state index in [-0.39, 0.29) is 16.8 Å². The van der Waals surface area contributed by atoms with Crippen LogP contribution < -0.4 is 0 Å². The highest BCUT2D eigenvalue weighted by Gasteiger charge is 2.17. The van der Waals surface area contributed by atoms with Crippen LogP contribution in [-0.2, 0) is 5.33 Å². The van der Waals surface area contributed by atoms with Crippen molar-refractivity contribution in [1.29, 1.82) is 5.26 Å². The number of aromatic nitrogens is 1. The van der Waals surface area contributed by atoms with Crippen molar-refractivity contribution in [2.24, 2.45) is 0 Å². The minimum absolute atomic E-state index is 0.263. The second kappa shape index (κ2) is 4.47. The fourth-order valence-electron chi connectivity index (χ4n) is 1.15. The Morgan fingerprint density at radius 1 is 1.64 bits per heavy atom. The molecule has 2 nitrogen and oxygen atoms in total. The van der Waals surface area contributed by atoms with Gasteiger partial charge in [-0.05, 0) is 18.1 Å². The average molecular weight is 261 g/mol. The second-order valence-electron chi connectivity index (χ2n) is 2.71. The molecule has 5 heteroatoms. The van der Waals surface area contributed by atoms with Crippen LogP contribution in [0, 0.1) is 18.3 Å². The maximum absolute atomic E-state index is 12.4. The standard InChI is InChI=1S/C9H7BrF2N2/c1-5-7(3-13)6(2-10)4-14-8(5)9(11)12/h4,9H,2H2,1H3. The summed E-state index contributed by atoms with van der Waals surface area (Å²) in [6, 6.07) is 1.91. The smallest absolute Gasteiger partial charge is 0.255 e. The predicted octanol–water partition coefficient (Wildman–Crippen LogP) is 3.09. The topological polar surface area (TPSA) is 36.7 Å². The van der Waals surface area contributed by atoms with Crippen LogP contribution in [0.25, 0.3) is 0 Å². The number of nitrogens with zero attached hydrogens (tertiary/aromatic N) is 2. The van der Waals surface area contributed by atoms with Crippen molar-refractivity contribution in [3.8, 4) is 6.07 Å². The summed E-state index contributed by atoms with van der Waals surface area (Å²) >= 11 is 3.17. The molecule has 0 aliphatic heterocycles. The Balaban J connectivity index is 3.37. The Bertz CT molecular complexity index is 385. The van der Waals surface area contributed by atoms with E-state index >= 15 is 0 Å². The minimum atomic E-state index is -2.63. The Morgan fingerprint density at radius 2 is 2.29 bits per heavy atom. The summed E-state index contributed by atoms with van der Waals surface area (Å²) in [4.78, 5) is 3.63. The van der Waals surface area contributed by atoms with Crippen molar-refractivity contribution < 1.29 is 8.78 Å². The van der Waals surface area contributed by atoms with E-state index in [4.69, 9.17) is 5.26 Å². The summed E-state index contributed by atoms with van der Waals surface area (Å²) in [7, 11) is 0. The molecule has 0 N–H and O–H groups in total. The average Bonchev–Trinajstić information content (AvgIpc) is 2.16. The molecular weight excluding hydrogens is 254 g/mol. The summed E-state index contributed by atoms with van der Waals surface area (Å²) in [5.41, 5.74) is 0.868. The third kappa shape index (κ3) is 1.90. The highest BCUT2D eigenvalue weighted by molar-refractivity contribution is 9.08. The lowest BCUT2D eigenvalue weighted by molar-refractivity contribution is 0.145. The fraction of sp³-hybridized carbons (Fsp3) is 0.333. The van der Waals surface area contributed by atoms with Crippen LogP contribution >= 0.6 is 15.9 Å². The van der Waals surface area contributed by atoms with Gasteiger partial charge in [-0.2, -0.15) is 5.26 Å². The molecule has 0 atom stereocenters. The number of nitriles is 1. The number of pyridine rings is 1. The van der Waals surface area contributed by atoms with Crippen LogP contribution in [0.1, 0.15) is 28.8 Å². The van der Waals surface area contributed by atoms with Crippen molar-refractivity contribution in [2.45, 2.75) is 18.7 Å². The summed E-state index contributed by atoms with van der Waals surface area (Å²) in [6.07, 6.45) is -1.33. The van der Waals surface area contributed by atoms with Crippen LogP contribution in [-0.4, -0.2) is 4.98 Å². The first kappa shape index (κ1) is 11.1. The van der Waals surface area contributed by atoms with Gasteiger partial charge in [0.25, 0.3) is 6.43 Å². The molecule has 0 aromatic carbocycles. The first-order valence-electron chi connectivity index (χ1n) is 3.84. The van der Waals surface area contributed by atoms with Gasteiger partial charge in [0.15, 0.2) is 0 Å². The minimum Gasteiger partial charge on any atom is -0.255 e. The normalized spacial score (nSPS) is 10.3. The van der Waals surface area contributed by atoms with Crippen molar-refractivity contribution in [3.63, 3.8) is 0 Å². The second-order valence-corrected chi connectivity index (χ2v) is 3.28. The van der Waals surface area contributed by atoms with Crippen molar-refractivity contribution >= 4 is 15.9 Å². The maximum Gasteiger partial charge on any atom is 0.280 e. The largest absolute Gasteiger partial charge is 0.280 e. The summed E-state index contributed by atoms with van der Waals surface area (Å²) < 4.78 is 24.8. The molecule has 0 saturated carbocycles. The lowest BCUT2D eigenvalue weighted by Gasteiger charge is -2.07. The van der Waals surface area contributed by atoms with Crippen molar-refractivity contribution in [2.75, 3.05) is 0 Å². The number of alkyl halides is 3. The number of hydrogen-bond acceptors (Lipinski definition) is 2. The van der Waals surface area contributed by atoms with Gasteiger partial charge >= 0.3 is 0 Å². The molecule has 1 aromatic heterocycles. The fourth-order valence-corrected chi connectivity index (χ4v) is 1.58. The first-order valence-corrected chi connectivity index (χ1v) is 4.96. The lowest BCUT2D eigenvalue weighted by Crippen LogP contribution is -2.00. The van der Waals surface area contributed by atoms with Gasteiger partial charge < -0.3 is 0 Å². The van der Waals surface area contributed by atoms with Crippen LogP contribution in [0.15, 0.2) is 6.20 Å². The Morgan fingerprint density at radius 3 is 2.71 bits per heavy atom. The van der Waals surface area contributed by atoms with Gasteiger partial charge in [-0.25, -0.2) is 8.78 Å². The molecule has 14 heavy (non-hydrogen) atoms. The van der Waals surface area contributed by atoms with Gasteiger partial charge in [0.1, 0.15) is 5.69 Å². The Labute approximate surface area is 88.7 Å². The van der Waals surface area contributed by atoms with E-state index in [1.54, 1.807) is 0 Å². The van der Waals surface area contributed by atoms with Gasteiger partial charge in [-0.3, -0.25) is 4.98 Å². The van der Waals surface area contributed by atoms with Crippen LogP contribution in [0.5, 0.6) is 0 Å². The van der Waals surface area contributed by atoms with E-state index in [0.29, 0.717) is 10.9 Å². The zero-order chi connectivity index (χ0) is 10.7. The number of hydrogen-bond donors (Lipinski definition) is 0. The molecule has 0 amide bonds. The predicted molar refractivity (Wildman–Crippen MR) is 51.3 cm³/mol. The molecule has 1 rings (SSSR count). The summed E-state index contributed by atoms with van der Waals surface area (Å²) in [5, 5.41) is 9.23. The van der Waals surface area contributed by atoms with Crippen LogP contribution in [0.4, 0.5) is 8.78 Å². The van der Waals surface area contributed by atoms with Gasteiger partial charge in [0, 0.05) is 11.5 Å². The third-order valence-electron chi connectivity index (χ3n) is 1.90. The third-order valence-corrected chi connectivity index (χ3v) is 2.51. The van der Waals surface area contributed by atoms with Crippen molar-refractivity contribution in [3.05, 3.63) is 28.6 Å². The zero-order valence-electron chi connectivity index (χ0n) is 7.39. The van der Waals surface area contributed by atoms with E-state index in [9.17, 15) is 8.78 Å². The molecule has 0 fully saturated rings. The molecule has 0 saturated heterocycles. The molecule has 1 aromatic rings. The Kier molecular flexibility index (Phi) is 3.53. The highest BCUT2D eigenvalue weighted by atomic mass is 79.9. The molecule has 0 spiro atoms. The monoisotopic (exact) mass is 260 g/mol. The van der Waals surface area contributed by atoms with Crippen LogP contribution in [0.3, 0.4) is 0 Å².